The molecule has 2 rings (SSSR count). The van der Waals surface area contributed by atoms with Gasteiger partial charge in [-0.1, -0.05) is 37.6 Å². The quantitative estimate of drug-likeness (QED) is 0.663. The Hall–Kier alpha value is -2.60. The molecule has 0 aliphatic heterocycles. The Balaban J connectivity index is 2.26. The lowest BCUT2D eigenvalue weighted by atomic mass is 10.1. The van der Waals surface area contributed by atoms with Crippen LogP contribution < -0.4 is 9.62 Å². The van der Waals surface area contributed by atoms with E-state index in [2.05, 4.69) is 18.8 Å². The number of anilines is 1. The average molecular weight is 387 g/mol. The Morgan fingerprint density at radius 1 is 1.15 bits per heavy atom. The number of nitrogens with one attached hydrogen (secondary N) is 1. The van der Waals surface area contributed by atoms with E-state index in [1.165, 1.54) is 10.4 Å². The number of sulfonamides is 1. The minimum absolute atomic E-state index is 0.0953. The van der Waals surface area contributed by atoms with Crippen LogP contribution in [-0.2, 0) is 10.0 Å². The van der Waals surface area contributed by atoms with E-state index in [1.807, 2.05) is 6.92 Å². The van der Waals surface area contributed by atoms with Crippen LogP contribution in [0.15, 0.2) is 72.1 Å². The zero-order valence-electron chi connectivity index (χ0n) is 15.8. The zero-order chi connectivity index (χ0) is 19.9. The maximum atomic E-state index is 13.0. The van der Waals surface area contributed by atoms with Crippen LogP contribution in [-0.4, -0.2) is 26.9 Å². The molecule has 0 heterocycles. The van der Waals surface area contributed by atoms with Crippen LogP contribution in [0.4, 0.5) is 5.69 Å². The Labute approximate surface area is 161 Å². The molecule has 144 valence electrons. The van der Waals surface area contributed by atoms with Gasteiger partial charge in [0.25, 0.3) is 15.9 Å². The third-order valence-corrected chi connectivity index (χ3v) is 5.95. The van der Waals surface area contributed by atoms with Gasteiger partial charge in [0.2, 0.25) is 0 Å². The first-order valence-corrected chi connectivity index (χ1v) is 10.4. The Morgan fingerprint density at radius 2 is 1.78 bits per heavy atom. The topological polar surface area (TPSA) is 66.5 Å². The molecule has 6 heteroatoms. The highest BCUT2D eigenvalue weighted by Crippen LogP contribution is 2.24. The molecule has 5 nitrogen and oxygen atoms in total. The van der Waals surface area contributed by atoms with Crippen LogP contribution in [0.1, 0.15) is 37.0 Å². The lowest BCUT2D eigenvalue weighted by molar-refractivity contribution is 0.0938. The Kier molecular flexibility index (Phi) is 7.19. The van der Waals surface area contributed by atoms with Gasteiger partial charge < -0.3 is 5.32 Å². The van der Waals surface area contributed by atoms with E-state index in [0.29, 0.717) is 11.3 Å². The van der Waals surface area contributed by atoms with Crippen molar-refractivity contribution in [2.24, 2.45) is 0 Å². The largest absolute Gasteiger partial charge is 0.350 e. The predicted octanol–water partition coefficient (Wildman–Crippen LogP) is 3.99. The van der Waals surface area contributed by atoms with Gasteiger partial charge in [-0.3, -0.25) is 9.10 Å². The highest BCUT2D eigenvalue weighted by atomic mass is 32.2. The standard InChI is InChI=1S/C21H26N2O3S/c1-4-9-17(3)22-21(24)18-12-14-19(15-13-18)23(16-5-2)27(25,26)20-10-7-6-8-11-20/h5-8,10-15,17H,2,4,9,16H2,1,3H3,(H,22,24)/t17-/m1/s1. The fourth-order valence-corrected chi connectivity index (χ4v) is 4.23. The number of hydrogen-bond acceptors (Lipinski definition) is 3. The van der Waals surface area contributed by atoms with Crippen molar-refractivity contribution >= 4 is 21.6 Å². The molecule has 0 aliphatic rings. The fourth-order valence-electron chi connectivity index (χ4n) is 2.77. The van der Waals surface area contributed by atoms with Crippen molar-refractivity contribution in [3.63, 3.8) is 0 Å². The van der Waals surface area contributed by atoms with E-state index >= 15 is 0 Å². The summed E-state index contributed by atoms with van der Waals surface area (Å²) in [6, 6.07) is 14.9. The summed E-state index contributed by atoms with van der Waals surface area (Å²) in [5.74, 6) is -0.163. The molecule has 0 fully saturated rings. The molecule has 27 heavy (non-hydrogen) atoms. The van der Waals surface area contributed by atoms with Crippen molar-refractivity contribution in [1.29, 1.82) is 0 Å². The van der Waals surface area contributed by atoms with Crippen LogP contribution in [0.3, 0.4) is 0 Å². The van der Waals surface area contributed by atoms with Crippen molar-refractivity contribution in [3.8, 4) is 0 Å². The van der Waals surface area contributed by atoms with Crippen molar-refractivity contribution in [3.05, 3.63) is 72.8 Å². The molecule has 1 atom stereocenters. The molecule has 0 saturated heterocycles. The van der Waals surface area contributed by atoms with Crippen molar-refractivity contribution in [2.75, 3.05) is 10.8 Å². The number of carbonyl (C=O) groups excluding carboxylic acids is 1. The van der Waals surface area contributed by atoms with E-state index in [-0.39, 0.29) is 23.4 Å². The summed E-state index contributed by atoms with van der Waals surface area (Å²) in [6.45, 7) is 7.83. The molecular formula is C21H26N2O3S. The smallest absolute Gasteiger partial charge is 0.264 e. The number of amides is 1. The molecule has 0 aliphatic carbocycles. The second-order valence-electron chi connectivity index (χ2n) is 6.35. The lowest BCUT2D eigenvalue weighted by Crippen LogP contribution is -2.33. The first-order chi connectivity index (χ1) is 12.9. The van der Waals surface area contributed by atoms with Gasteiger partial charge in [-0.25, -0.2) is 8.42 Å². The highest BCUT2D eigenvalue weighted by molar-refractivity contribution is 7.92. The van der Waals surface area contributed by atoms with Gasteiger partial charge in [-0.2, -0.15) is 0 Å². The van der Waals surface area contributed by atoms with Crippen LogP contribution in [0.2, 0.25) is 0 Å². The minimum atomic E-state index is -3.71. The number of hydrogen-bond donors (Lipinski definition) is 1. The van der Waals surface area contributed by atoms with Crippen molar-refractivity contribution in [1.82, 2.24) is 5.32 Å². The molecule has 0 saturated carbocycles. The normalized spacial score (nSPS) is 12.2. The summed E-state index contributed by atoms with van der Waals surface area (Å²) >= 11 is 0. The summed E-state index contributed by atoms with van der Waals surface area (Å²) in [5.41, 5.74) is 0.981. The molecule has 0 unspecified atom stereocenters. The summed E-state index contributed by atoms with van der Waals surface area (Å²) in [4.78, 5) is 12.5. The monoisotopic (exact) mass is 386 g/mol. The molecule has 2 aromatic rings. The van der Waals surface area contributed by atoms with Crippen LogP contribution in [0.25, 0.3) is 0 Å². The maximum absolute atomic E-state index is 13.0. The SMILES string of the molecule is C=CCN(c1ccc(C(=O)N[C@H](C)CCC)cc1)S(=O)(=O)c1ccccc1. The molecule has 0 spiro atoms. The van der Waals surface area contributed by atoms with Crippen molar-refractivity contribution in [2.45, 2.75) is 37.6 Å². The molecule has 2 aromatic carbocycles. The van der Waals surface area contributed by atoms with E-state index in [4.69, 9.17) is 0 Å². The minimum Gasteiger partial charge on any atom is -0.350 e. The molecular weight excluding hydrogens is 360 g/mol. The summed E-state index contributed by atoms with van der Waals surface area (Å²) < 4.78 is 27.2. The number of nitrogens with zero attached hydrogens (tertiary/aromatic N) is 1. The van der Waals surface area contributed by atoms with Gasteiger partial charge in [0, 0.05) is 11.6 Å². The van der Waals surface area contributed by atoms with E-state index < -0.39 is 10.0 Å². The molecule has 0 radical (unpaired) electrons. The Morgan fingerprint density at radius 3 is 2.33 bits per heavy atom. The fraction of sp³-hybridized carbons (Fsp3) is 0.286. The van der Waals surface area contributed by atoms with Gasteiger partial charge in [-0.05, 0) is 49.7 Å². The van der Waals surface area contributed by atoms with E-state index in [1.54, 1.807) is 54.6 Å². The van der Waals surface area contributed by atoms with Gasteiger partial charge >= 0.3 is 0 Å². The molecule has 1 N–H and O–H groups in total. The number of rotatable bonds is 9. The van der Waals surface area contributed by atoms with E-state index in [0.717, 1.165) is 12.8 Å². The maximum Gasteiger partial charge on any atom is 0.264 e. The van der Waals surface area contributed by atoms with Crippen molar-refractivity contribution < 1.29 is 13.2 Å². The third-order valence-electron chi connectivity index (χ3n) is 4.14. The number of benzene rings is 2. The summed E-state index contributed by atoms with van der Waals surface area (Å²) in [7, 11) is -3.71. The second-order valence-corrected chi connectivity index (χ2v) is 8.21. The molecule has 0 aromatic heterocycles. The average Bonchev–Trinajstić information content (AvgIpc) is 2.67. The van der Waals surface area contributed by atoms with E-state index in [9.17, 15) is 13.2 Å². The predicted molar refractivity (Wildman–Crippen MR) is 109 cm³/mol. The summed E-state index contributed by atoms with van der Waals surface area (Å²) in [5, 5.41) is 2.94. The van der Waals surface area contributed by atoms with Gasteiger partial charge in [0.1, 0.15) is 0 Å². The third kappa shape index (κ3) is 5.20. The molecule has 0 bridgehead atoms. The summed E-state index contributed by atoms with van der Waals surface area (Å²) in [6.07, 6.45) is 3.44. The van der Waals surface area contributed by atoms with Crippen LogP contribution >= 0.6 is 0 Å². The number of carbonyl (C=O) groups is 1. The van der Waals surface area contributed by atoms with Crippen LogP contribution in [0, 0.1) is 0 Å². The van der Waals surface area contributed by atoms with Gasteiger partial charge in [0.15, 0.2) is 0 Å². The van der Waals surface area contributed by atoms with Gasteiger partial charge in [-0.15, -0.1) is 6.58 Å². The van der Waals surface area contributed by atoms with Gasteiger partial charge in [0.05, 0.1) is 17.1 Å². The van der Waals surface area contributed by atoms with Crippen LogP contribution in [0.5, 0.6) is 0 Å². The Bertz CT molecular complexity index is 862. The zero-order valence-corrected chi connectivity index (χ0v) is 16.6. The molecule has 1 amide bonds. The highest BCUT2D eigenvalue weighted by Gasteiger charge is 2.24. The lowest BCUT2D eigenvalue weighted by Gasteiger charge is -2.23. The first-order valence-electron chi connectivity index (χ1n) is 8.99. The second kappa shape index (κ2) is 9.37. The first kappa shape index (κ1) is 20.7.